The van der Waals surface area contributed by atoms with Crippen molar-refractivity contribution in [1.82, 2.24) is 4.90 Å². The van der Waals surface area contributed by atoms with E-state index in [1.54, 1.807) is 0 Å². The number of hydrogen-bond acceptors (Lipinski definition) is 2. The van der Waals surface area contributed by atoms with Gasteiger partial charge in [0, 0.05) is 25.3 Å². The third-order valence-corrected chi connectivity index (χ3v) is 4.65. The monoisotopic (exact) mass is 308 g/mol. The molecule has 23 heavy (non-hydrogen) atoms. The maximum atomic E-state index is 12.8. The van der Waals surface area contributed by atoms with Crippen LogP contribution >= 0.6 is 0 Å². The van der Waals surface area contributed by atoms with E-state index in [4.69, 9.17) is 0 Å². The minimum absolute atomic E-state index is 0.0929. The van der Waals surface area contributed by atoms with E-state index in [-0.39, 0.29) is 11.9 Å². The summed E-state index contributed by atoms with van der Waals surface area (Å²) in [5.74, 6) is 0.194. The number of nitrogens with zero attached hydrogens (tertiary/aromatic N) is 2. The number of hydrogen-bond donors (Lipinski definition) is 0. The molecule has 0 N–H and O–H groups in total. The van der Waals surface area contributed by atoms with Crippen molar-refractivity contribution >= 4 is 11.6 Å². The van der Waals surface area contributed by atoms with Crippen LogP contribution in [0.25, 0.3) is 0 Å². The van der Waals surface area contributed by atoms with Gasteiger partial charge < -0.3 is 4.90 Å². The highest BCUT2D eigenvalue weighted by atomic mass is 16.2. The van der Waals surface area contributed by atoms with E-state index in [0.717, 1.165) is 25.3 Å². The van der Waals surface area contributed by atoms with Crippen molar-refractivity contribution in [1.29, 1.82) is 0 Å². The lowest BCUT2D eigenvalue weighted by molar-refractivity contribution is -0.125. The highest BCUT2D eigenvalue weighted by Crippen LogP contribution is 2.25. The normalized spacial score (nSPS) is 19.2. The third kappa shape index (κ3) is 3.30. The molecule has 1 amide bonds. The lowest BCUT2D eigenvalue weighted by Gasteiger charge is -2.39. The van der Waals surface area contributed by atoms with Crippen LogP contribution in [0.2, 0.25) is 0 Å². The predicted molar refractivity (Wildman–Crippen MR) is 94.6 cm³/mol. The van der Waals surface area contributed by atoms with Gasteiger partial charge in [0.2, 0.25) is 5.91 Å². The number of benzene rings is 2. The van der Waals surface area contributed by atoms with Crippen LogP contribution in [-0.2, 0) is 11.3 Å². The predicted octanol–water partition coefficient (Wildman–Crippen LogP) is 3.54. The molecule has 0 spiro atoms. The summed E-state index contributed by atoms with van der Waals surface area (Å²) in [4.78, 5) is 17.1. The van der Waals surface area contributed by atoms with Gasteiger partial charge in [-0.2, -0.15) is 0 Å². The van der Waals surface area contributed by atoms with E-state index in [9.17, 15) is 4.79 Å². The van der Waals surface area contributed by atoms with E-state index < -0.39 is 0 Å². The molecule has 0 aliphatic carbocycles. The SMILES string of the molecule is Cc1ccc(N2CCN(Cc3ccccc3)[C@@H](C)C2=O)c(C)c1. The van der Waals surface area contributed by atoms with Crippen molar-refractivity contribution in [2.45, 2.75) is 33.4 Å². The van der Waals surface area contributed by atoms with Crippen LogP contribution in [0.5, 0.6) is 0 Å². The Kier molecular flexibility index (Phi) is 4.49. The van der Waals surface area contributed by atoms with Crippen LogP contribution in [0.4, 0.5) is 5.69 Å². The lowest BCUT2D eigenvalue weighted by atomic mass is 10.1. The molecule has 0 saturated carbocycles. The summed E-state index contributed by atoms with van der Waals surface area (Å²) in [6, 6.07) is 16.6. The van der Waals surface area contributed by atoms with Crippen molar-refractivity contribution in [3.8, 4) is 0 Å². The minimum Gasteiger partial charge on any atom is -0.310 e. The highest BCUT2D eigenvalue weighted by molar-refractivity contribution is 5.98. The topological polar surface area (TPSA) is 23.6 Å². The summed E-state index contributed by atoms with van der Waals surface area (Å²) in [7, 11) is 0. The molecule has 2 aromatic carbocycles. The van der Waals surface area contributed by atoms with Gasteiger partial charge >= 0.3 is 0 Å². The van der Waals surface area contributed by atoms with Crippen LogP contribution in [0.3, 0.4) is 0 Å². The molecule has 2 aromatic rings. The van der Waals surface area contributed by atoms with E-state index in [1.807, 2.05) is 30.0 Å². The van der Waals surface area contributed by atoms with Crippen LogP contribution in [0, 0.1) is 13.8 Å². The molecule has 3 rings (SSSR count). The van der Waals surface area contributed by atoms with Gasteiger partial charge in [0.05, 0.1) is 6.04 Å². The Labute approximate surface area is 138 Å². The molecule has 3 nitrogen and oxygen atoms in total. The van der Waals surface area contributed by atoms with Crippen molar-refractivity contribution in [3.05, 3.63) is 65.2 Å². The van der Waals surface area contributed by atoms with Crippen molar-refractivity contribution in [2.24, 2.45) is 0 Å². The Balaban J connectivity index is 1.76. The Bertz CT molecular complexity index is 696. The average Bonchev–Trinajstić information content (AvgIpc) is 2.54. The van der Waals surface area contributed by atoms with Crippen molar-refractivity contribution < 1.29 is 4.79 Å². The van der Waals surface area contributed by atoms with Crippen LogP contribution in [-0.4, -0.2) is 29.9 Å². The number of aryl methyl sites for hydroxylation is 2. The maximum absolute atomic E-state index is 12.8. The first kappa shape index (κ1) is 15.8. The van der Waals surface area contributed by atoms with Gasteiger partial charge in [-0.05, 0) is 38.0 Å². The first-order valence-corrected chi connectivity index (χ1v) is 8.23. The summed E-state index contributed by atoms with van der Waals surface area (Å²) in [6.45, 7) is 8.65. The van der Waals surface area contributed by atoms with E-state index in [2.05, 4.69) is 49.1 Å². The second kappa shape index (κ2) is 6.55. The molecule has 0 bridgehead atoms. The van der Waals surface area contributed by atoms with Gasteiger partial charge in [-0.1, -0.05) is 48.0 Å². The molecule has 0 aromatic heterocycles. The first-order chi connectivity index (χ1) is 11.1. The van der Waals surface area contributed by atoms with E-state index >= 15 is 0 Å². The number of piperazine rings is 1. The summed E-state index contributed by atoms with van der Waals surface area (Å²) in [5, 5.41) is 0. The summed E-state index contributed by atoms with van der Waals surface area (Å²) in [6.07, 6.45) is 0. The molecule has 1 fully saturated rings. The Morgan fingerprint density at radius 2 is 1.78 bits per heavy atom. The second-order valence-corrected chi connectivity index (χ2v) is 6.41. The molecular weight excluding hydrogens is 284 g/mol. The third-order valence-electron chi connectivity index (χ3n) is 4.65. The quantitative estimate of drug-likeness (QED) is 0.866. The standard InChI is InChI=1S/C20H24N2O/c1-15-9-10-19(16(2)13-15)22-12-11-21(17(3)20(22)23)14-18-7-5-4-6-8-18/h4-10,13,17H,11-12,14H2,1-3H3/t17-/m0/s1. The molecule has 1 saturated heterocycles. The molecule has 0 unspecified atom stereocenters. The molecular formula is C20H24N2O. The maximum Gasteiger partial charge on any atom is 0.244 e. The fourth-order valence-corrected chi connectivity index (χ4v) is 3.30. The number of carbonyl (C=O) groups excluding carboxylic acids is 1. The van der Waals surface area contributed by atoms with Gasteiger partial charge in [0.15, 0.2) is 0 Å². The largest absolute Gasteiger partial charge is 0.310 e. The summed E-state index contributed by atoms with van der Waals surface area (Å²) in [5.41, 5.74) is 4.70. The minimum atomic E-state index is -0.0929. The Morgan fingerprint density at radius 3 is 2.48 bits per heavy atom. The Morgan fingerprint density at radius 1 is 1.04 bits per heavy atom. The van der Waals surface area contributed by atoms with Crippen molar-refractivity contribution in [2.75, 3.05) is 18.0 Å². The van der Waals surface area contributed by atoms with Gasteiger partial charge in [-0.3, -0.25) is 9.69 Å². The number of rotatable bonds is 3. The number of carbonyl (C=O) groups is 1. The molecule has 1 atom stereocenters. The molecule has 1 aliphatic heterocycles. The number of anilines is 1. The molecule has 3 heteroatoms. The zero-order chi connectivity index (χ0) is 16.4. The average molecular weight is 308 g/mol. The van der Waals surface area contributed by atoms with Gasteiger partial charge in [-0.15, -0.1) is 0 Å². The zero-order valence-electron chi connectivity index (χ0n) is 14.1. The lowest BCUT2D eigenvalue weighted by Crippen LogP contribution is -2.55. The highest BCUT2D eigenvalue weighted by Gasteiger charge is 2.32. The van der Waals surface area contributed by atoms with Gasteiger partial charge in [-0.25, -0.2) is 0 Å². The number of amides is 1. The molecule has 0 radical (unpaired) electrons. The zero-order valence-corrected chi connectivity index (χ0v) is 14.1. The first-order valence-electron chi connectivity index (χ1n) is 8.23. The van der Waals surface area contributed by atoms with Gasteiger partial charge in [0.1, 0.15) is 0 Å². The fourth-order valence-electron chi connectivity index (χ4n) is 3.30. The second-order valence-electron chi connectivity index (χ2n) is 6.41. The summed E-state index contributed by atoms with van der Waals surface area (Å²) < 4.78 is 0. The molecule has 1 heterocycles. The van der Waals surface area contributed by atoms with Crippen molar-refractivity contribution in [3.63, 3.8) is 0 Å². The summed E-state index contributed by atoms with van der Waals surface area (Å²) >= 11 is 0. The van der Waals surface area contributed by atoms with Crippen LogP contribution in [0.1, 0.15) is 23.6 Å². The van der Waals surface area contributed by atoms with E-state index in [0.29, 0.717) is 0 Å². The smallest absolute Gasteiger partial charge is 0.244 e. The molecule has 120 valence electrons. The van der Waals surface area contributed by atoms with Gasteiger partial charge in [0.25, 0.3) is 0 Å². The Hall–Kier alpha value is -2.13. The van der Waals surface area contributed by atoms with Crippen LogP contribution < -0.4 is 4.90 Å². The fraction of sp³-hybridized carbons (Fsp3) is 0.350. The van der Waals surface area contributed by atoms with Crippen LogP contribution in [0.15, 0.2) is 48.5 Å². The van der Waals surface area contributed by atoms with E-state index in [1.165, 1.54) is 16.7 Å². The molecule has 1 aliphatic rings.